The van der Waals surface area contributed by atoms with E-state index < -0.39 is 6.10 Å². The highest BCUT2D eigenvalue weighted by molar-refractivity contribution is 7.18. The third-order valence-electron chi connectivity index (χ3n) is 3.04. The van der Waals surface area contributed by atoms with Gasteiger partial charge < -0.3 is 10.4 Å². The summed E-state index contributed by atoms with van der Waals surface area (Å²) in [6.07, 6.45) is 1.73. The summed E-state index contributed by atoms with van der Waals surface area (Å²) in [6, 6.07) is 8.20. The van der Waals surface area contributed by atoms with E-state index in [4.69, 9.17) is 0 Å². The predicted octanol–water partition coefficient (Wildman–Crippen LogP) is 2.08. The van der Waals surface area contributed by atoms with Crippen molar-refractivity contribution in [2.45, 2.75) is 25.0 Å². The Kier molecular flexibility index (Phi) is 2.63. The van der Waals surface area contributed by atoms with Crippen molar-refractivity contribution in [3.63, 3.8) is 0 Å². The molecule has 0 spiro atoms. The number of aromatic nitrogens is 1. The molecule has 0 amide bonds. The molecular weight excluding hydrogens is 220 g/mol. The van der Waals surface area contributed by atoms with Gasteiger partial charge in [-0.2, -0.15) is 0 Å². The molecule has 0 radical (unpaired) electrons. The lowest BCUT2D eigenvalue weighted by molar-refractivity contribution is 0.137. The molecule has 2 N–H and O–H groups in total. The van der Waals surface area contributed by atoms with Gasteiger partial charge in [-0.05, 0) is 31.5 Å². The van der Waals surface area contributed by atoms with Gasteiger partial charge in [-0.25, -0.2) is 4.98 Å². The maximum Gasteiger partial charge on any atom is 0.124 e. The van der Waals surface area contributed by atoms with E-state index in [2.05, 4.69) is 10.3 Å². The van der Waals surface area contributed by atoms with Gasteiger partial charge in [-0.15, -0.1) is 11.3 Å². The van der Waals surface area contributed by atoms with Crippen LogP contribution in [0.15, 0.2) is 24.3 Å². The van der Waals surface area contributed by atoms with E-state index in [9.17, 15) is 5.11 Å². The highest BCUT2D eigenvalue weighted by Crippen LogP contribution is 2.30. The largest absolute Gasteiger partial charge is 0.384 e. The van der Waals surface area contributed by atoms with Crippen LogP contribution in [0.2, 0.25) is 0 Å². The summed E-state index contributed by atoms with van der Waals surface area (Å²) in [6.45, 7) is 1.01. The average Bonchev–Trinajstić information content (AvgIpc) is 2.97. The summed E-state index contributed by atoms with van der Waals surface area (Å²) in [5, 5.41) is 14.4. The second-order valence-corrected chi connectivity index (χ2v) is 5.23. The SMILES string of the molecule is OC(c1nc2ccccc2s1)C1CCCN1. The van der Waals surface area contributed by atoms with Gasteiger partial charge in [-0.1, -0.05) is 12.1 Å². The van der Waals surface area contributed by atoms with Crippen molar-refractivity contribution in [1.29, 1.82) is 0 Å². The fourth-order valence-electron chi connectivity index (χ4n) is 2.17. The van der Waals surface area contributed by atoms with Gasteiger partial charge in [0.25, 0.3) is 0 Å². The Morgan fingerprint density at radius 1 is 1.44 bits per heavy atom. The van der Waals surface area contributed by atoms with E-state index in [0.29, 0.717) is 0 Å². The molecule has 0 saturated carbocycles. The Balaban J connectivity index is 1.92. The van der Waals surface area contributed by atoms with Crippen molar-refractivity contribution in [3.05, 3.63) is 29.3 Å². The molecular formula is C12H14N2OS. The first-order valence-electron chi connectivity index (χ1n) is 5.61. The minimum atomic E-state index is -0.458. The molecule has 1 saturated heterocycles. The molecule has 4 heteroatoms. The van der Waals surface area contributed by atoms with Crippen LogP contribution in [0.1, 0.15) is 24.0 Å². The van der Waals surface area contributed by atoms with E-state index in [1.54, 1.807) is 11.3 Å². The summed E-state index contributed by atoms with van der Waals surface area (Å²) in [5.74, 6) is 0. The lowest BCUT2D eigenvalue weighted by atomic mass is 10.1. The molecule has 84 valence electrons. The Morgan fingerprint density at radius 2 is 2.31 bits per heavy atom. The van der Waals surface area contributed by atoms with Gasteiger partial charge in [0, 0.05) is 6.04 Å². The first kappa shape index (κ1) is 10.2. The first-order valence-corrected chi connectivity index (χ1v) is 6.43. The maximum atomic E-state index is 10.2. The van der Waals surface area contributed by atoms with E-state index in [-0.39, 0.29) is 6.04 Å². The zero-order valence-corrected chi connectivity index (χ0v) is 9.70. The van der Waals surface area contributed by atoms with E-state index in [0.717, 1.165) is 34.6 Å². The number of hydrogen-bond acceptors (Lipinski definition) is 4. The molecule has 2 aromatic rings. The van der Waals surface area contributed by atoms with Crippen LogP contribution >= 0.6 is 11.3 Å². The number of thiazole rings is 1. The summed E-state index contributed by atoms with van der Waals surface area (Å²) < 4.78 is 1.15. The van der Waals surface area contributed by atoms with Gasteiger partial charge in [-0.3, -0.25) is 0 Å². The lowest BCUT2D eigenvalue weighted by Crippen LogP contribution is -2.28. The van der Waals surface area contributed by atoms with E-state index >= 15 is 0 Å². The van der Waals surface area contributed by atoms with Crippen LogP contribution in [0.4, 0.5) is 0 Å². The van der Waals surface area contributed by atoms with Crippen LogP contribution in [-0.4, -0.2) is 22.7 Å². The van der Waals surface area contributed by atoms with Crippen LogP contribution in [0.25, 0.3) is 10.2 Å². The third kappa shape index (κ3) is 1.73. The molecule has 1 aromatic carbocycles. The zero-order valence-electron chi connectivity index (χ0n) is 8.89. The minimum Gasteiger partial charge on any atom is -0.384 e. The van der Waals surface area contributed by atoms with Gasteiger partial charge in [0.1, 0.15) is 11.1 Å². The normalized spacial score (nSPS) is 22.7. The molecule has 3 nitrogen and oxygen atoms in total. The number of aliphatic hydroxyl groups excluding tert-OH is 1. The molecule has 0 aliphatic carbocycles. The lowest BCUT2D eigenvalue weighted by Gasteiger charge is -2.15. The van der Waals surface area contributed by atoms with Crippen molar-refractivity contribution in [2.24, 2.45) is 0 Å². The monoisotopic (exact) mass is 234 g/mol. The van der Waals surface area contributed by atoms with Crippen molar-refractivity contribution in [3.8, 4) is 0 Å². The van der Waals surface area contributed by atoms with Gasteiger partial charge in [0.05, 0.1) is 10.2 Å². The fraction of sp³-hybridized carbons (Fsp3) is 0.417. The van der Waals surface area contributed by atoms with Gasteiger partial charge >= 0.3 is 0 Å². The maximum absolute atomic E-state index is 10.2. The molecule has 2 atom stereocenters. The summed E-state index contributed by atoms with van der Waals surface area (Å²) in [5.41, 5.74) is 0.986. The summed E-state index contributed by atoms with van der Waals surface area (Å²) >= 11 is 1.59. The fourth-order valence-corrected chi connectivity index (χ4v) is 3.19. The van der Waals surface area contributed by atoms with E-state index in [1.165, 1.54) is 0 Å². The number of para-hydroxylation sites is 1. The molecule has 2 heterocycles. The highest BCUT2D eigenvalue weighted by Gasteiger charge is 2.26. The summed E-state index contributed by atoms with van der Waals surface area (Å²) in [4.78, 5) is 4.49. The van der Waals surface area contributed by atoms with Crippen LogP contribution in [0, 0.1) is 0 Å². The molecule has 1 fully saturated rings. The third-order valence-corrected chi connectivity index (χ3v) is 4.15. The zero-order chi connectivity index (χ0) is 11.0. The van der Waals surface area contributed by atoms with E-state index in [1.807, 2.05) is 24.3 Å². The topological polar surface area (TPSA) is 45.2 Å². The molecule has 2 unspecified atom stereocenters. The van der Waals surface area contributed by atoms with Crippen molar-refractivity contribution >= 4 is 21.6 Å². The number of rotatable bonds is 2. The Morgan fingerprint density at radius 3 is 3.06 bits per heavy atom. The number of nitrogens with zero attached hydrogens (tertiary/aromatic N) is 1. The molecule has 16 heavy (non-hydrogen) atoms. The minimum absolute atomic E-state index is 0.181. The molecule has 0 bridgehead atoms. The number of benzene rings is 1. The molecule has 3 rings (SSSR count). The van der Waals surface area contributed by atoms with Crippen molar-refractivity contribution in [2.75, 3.05) is 6.54 Å². The molecule has 1 aliphatic rings. The van der Waals surface area contributed by atoms with Crippen LogP contribution in [0.3, 0.4) is 0 Å². The predicted molar refractivity (Wildman–Crippen MR) is 65.6 cm³/mol. The summed E-state index contributed by atoms with van der Waals surface area (Å²) in [7, 11) is 0. The molecule has 1 aliphatic heterocycles. The second-order valence-electron chi connectivity index (χ2n) is 4.17. The smallest absolute Gasteiger partial charge is 0.124 e. The number of hydrogen-bond donors (Lipinski definition) is 2. The van der Waals surface area contributed by atoms with Crippen LogP contribution < -0.4 is 5.32 Å². The average molecular weight is 234 g/mol. The van der Waals surface area contributed by atoms with Gasteiger partial charge in [0.2, 0.25) is 0 Å². The van der Waals surface area contributed by atoms with Gasteiger partial charge in [0.15, 0.2) is 0 Å². The van der Waals surface area contributed by atoms with Crippen molar-refractivity contribution in [1.82, 2.24) is 10.3 Å². The number of aliphatic hydroxyl groups is 1. The van der Waals surface area contributed by atoms with Crippen LogP contribution in [0.5, 0.6) is 0 Å². The Labute approximate surface area is 98.1 Å². The Hall–Kier alpha value is -0.970. The number of nitrogens with one attached hydrogen (secondary N) is 1. The van der Waals surface area contributed by atoms with Crippen molar-refractivity contribution < 1.29 is 5.11 Å². The molecule has 1 aromatic heterocycles. The quantitative estimate of drug-likeness (QED) is 0.836. The standard InChI is InChI=1S/C12H14N2OS/c15-11(9-5-3-7-13-9)12-14-8-4-1-2-6-10(8)16-12/h1-2,4,6,9,11,13,15H,3,5,7H2. The number of fused-ring (bicyclic) bond motifs is 1. The second kappa shape index (κ2) is 4.13. The highest BCUT2D eigenvalue weighted by atomic mass is 32.1. The Bertz CT molecular complexity index is 457. The first-order chi connectivity index (χ1) is 7.84. The van der Waals surface area contributed by atoms with Crippen LogP contribution in [-0.2, 0) is 0 Å².